The van der Waals surface area contributed by atoms with Crippen molar-refractivity contribution in [1.29, 1.82) is 0 Å². The number of nitrogens with one attached hydrogen (secondary N) is 3. The number of hydrogen-bond donors (Lipinski definition) is 4. The summed E-state index contributed by atoms with van der Waals surface area (Å²) in [5.41, 5.74) is 7.57. The van der Waals surface area contributed by atoms with Crippen LogP contribution in [0.15, 0.2) is 88.7 Å². The zero-order valence-corrected chi connectivity index (χ0v) is 23.2. The van der Waals surface area contributed by atoms with Gasteiger partial charge in [-0.2, -0.15) is 4.72 Å². The number of esters is 1. The molecule has 0 heterocycles. The smallest absolute Gasteiger partial charge is 0.407 e. The fourth-order valence-electron chi connectivity index (χ4n) is 3.45. The zero-order chi connectivity index (χ0) is 29.2. The molecule has 3 rings (SSSR count). The number of sulfonamides is 2. The summed E-state index contributed by atoms with van der Waals surface area (Å²) in [6.45, 7) is -0.188. The molecule has 0 aliphatic heterocycles. The van der Waals surface area contributed by atoms with Crippen LogP contribution in [-0.4, -0.2) is 61.7 Å². The van der Waals surface area contributed by atoms with Gasteiger partial charge in [-0.3, -0.25) is 4.79 Å². The van der Waals surface area contributed by atoms with Crippen LogP contribution in [0.25, 0.3) is 11.1 Å². The molecule has 0 saturated carbocycles. The molecule has 0 bridgehead atoms. The monoisotopic (exact) mass is 590 g/mol. The van der Waals surface area contributed by atoms with Crippen molar-refractivity contribution >= 4 is 32.1 Å². The molecule has 14 heteroatoms. The summed E-state index contributed by atoms with van der Waals surface area (Å²) in [5.74, 6) is -0.801. The second-order valence-electron chi connectivity index (χ2n) is 8.37. The average molecular weight is 591 g/mol. The molecule has 0 aliphatic carbocycles. The van der Waals surface area contributed by atoms with Gasteiger partial charge < -0.3 is 20.5 Å². The van der Waals surface area contributed by atoms with Crippen molar-refractivity contribution in [3.8, 4) is 11.1 Å². The molecule has 1 unspecified atom stereocenters. The summed E-state index contributed by atoms with van der Waals surface area (Å²) < 4.78 is 64.6. The van der Waals surface area contributed by atoms with Crippen LogP contribution in [0, 0.1) is 0 Å². The number of nitrogens with two attached hydrogens (primary N) is 1. The maximum atomic E-state index is 12.6. The van der Waals surface area contributed by atoms with Crippen LogP contribution >= 0.6 is 0 Å². The Morgan fingerprint density at radius 3 is 1.88 bits per heavy atom. The van der Waals surface area contributed by atoms with Crippen LogP contribution in [0.4, 0.5) is 4.79 Å². The molecule has 3 aromatic carbocycles. The third-order valence-corrected chi connectivity index (χ3v) is 8.55. The van der Waals surface area contributed by atoms with E-state index in [1.165, 1.54) is 24.3 Å². The molecule has 0 spiro atoms. The number of ether oxygens (including phenoxy) is 2. The number of methoxy groups -OCH3 is 1. The fraction of sp³-hybridized carbons (Fsp3) is 0.231. The molecule has 0 aliphatic rings. The van der Waals surface area contributed by atoms with Gasteiger partial charge in [-0.25, -0.2) is 26.4 Å². The Hall–Kier alpha value is -3.82. The molecule has 12 nitrogen and oxygen atoms in total. The number of carbonyl (C=O) groups is 2. The molecule has 0 radical (unpaired) electrons. The maximum absolute atomic E-state index is 12.6. The lowest BCUT2D eigenvalue weighted by Crippen LogP contribution is -2.46. The lowest BCUT2D eigenvalue weighted by atomic mass is 10.1. The molecule has 0 fully saturated rings. The Morgan fingerprint density at radius 2 is 1.35 bits per heavy atom. The quantitative estimate of drug-likeness (QED) is 0.169. The number of hydrogen-bond acceptors (Lipinski definition) is 9. The first-order valence-corrected chi connectivity index (χ1v) is 15.0. The highest BCUT2D eigenvalue weighted by atomic mass is 32.2. The van der Waals surface area contributed by atoms with Crippen LogP contribution in [-0.2, 0) is 40.9 Å². The number of alkyl carbamates (subject to hydrolysis) is 1. The Balaban J connectivity index is 1.53. The lowest BCUT2D eigenvalue weighted by Gasteiger charge is -2.15. The van der Waals surface area contributed by atoms with E-state index in [0.717, 1.165) is 12.7 Å². The molecule has 0 saturated heterocycles. The van der Waals surface area contributed by atoms with E-state index < -0.39 is 38.2 Å². The zero-order valence-electron chi connectivity index (χ0n) is 21.6. The fourth-order valence-corrected chi connectivity index (χ4v) is 5.68. The Morgan fingerprint density at radius 1 is 0.800 bits per heavy atom. The van der Waals surface area contributed by atoms with Crippen molar-refractivity contribution in [2.75, 3.05) is 26.7 Å². The summed E-state index contributed by atoms with van der Waals surface area (Å²) >= 11 is 0. The summed E-state index contributed by atoms with van der Waals surface area (Å²) in [5, 5.41) is 2.48. The van der Waals surface area contributed by atoms with Crippen LogP contribution in [0.5, 0.6) is 0 Å². The van der Waals surface area contributed by atoms with Gasteiger partial charge in [0.25, 0.3) is 0 Å². The van der Waals surface area contributed by atoms with Gasteiger partial charge in [0.1, 0.15) is 12.6 Å². The van der Waals surface area contributed by atoms with Gasteiger partial charge >= 0.3 is 12.1 Å². The Bertz CT molecular complexity index is 1500. The van der Waals surface area contributed by atoms with Crippen LogP contribution in [0.3, 0.4) is 0 Å². The van der Waals surface area contributed by atoms with Crippen molar-refractivity contribution in [3.63, 3.8) is 0 Å². The van der Waals surface area contributed by atoms with E-state index in [9.17, 15) is 26.4 Å². The van der Waals surface area contributed by atoms with E-state index in [1.54, 1.807) is 24.3 Å². The van der Waals surface area contributed by atoms with Gasteiger partial charge in [0, 0.05) is 19.6 Å². The predicted molar refractivity (Wildman–Crippen MR) is 147 cm³/mol. The SMILES string of the molecule is COC(=O)C(CN)NS(=O)(=O)c1ccc(-c2ccc(S(=O)(=O)NCCNC(=O)OCc3ccccc3)cc2)cc1. The van der Waals surface area contributed by atoms with Crippen molar-refractivity contribution in [2.24, 2.45) is 5.73 Å². The van der Waals surface area contributed by atoms with Gasteiger partial charge in [0.2, 0.25) is 20.0 Å². The summed E-state index contributed by atoms with van der Waals surface area (Å²) in [7, 11) is -6.75. The molecule has 0 aromatic heterocycles. The third-order valence-electron chi connectivity index (χ3n) is 5.58. The summed E-state index contributed by atoms with van der Waals surface area (Å²) in [6.07, 6.45) is -0.662. The molecule has 5 N–H and O–H groups in total. The topological polar surface area (TPSA) is 183 Å². The lowest BCUT2D eigenvalue weighted by molar-refractivity contribution is -0.142. The predicted octanol–water partition coefficient (Wildman–Crippen LogP) is 1.34. The summed E-state index contributed by atoms with van der Waals surface area (Å²) in [6, 6.07) is 19.7. The number of carbonyl (C=O) groups excluding carboxylic acids is 2. The Kier molecular flexibility index (Phi) is 10.8. The normalized spacial score (nSPS) is 12.3. The van der Waals surface area contributed by atoms with Crippen LogP contribution in [0.1, 0.15) is 5.56 Å². The molecule has 1 amide bonds. The second-order valence-corrected chi connectivity index (χ2v) is 11.8. The van der Waals surface area contributed by atoms with Crippen LogP contribution < -0.4 is 20.5 Å². The standard InChI is InChI=1S/C26H30N4O8S2/c1-37-25(31)24(17-27)30-40(35,36)23-13-9-21(10-14-23)20-7-11-22(12-8-20)39(33,34)29-16-15-28-26(32)38-18-19-5-3-2-4-6-19/h2-14,24,29-30H,15-18,27H2,1H3,(H,28,32). The highest BCUT2D eigenvalue weighted by Crippen LogP contribution is 2.23. The number of amides is 1. The van der Waals surface area contributed by atoms with Gasteiger partial charge in [-0.15, -0.1) is 0 Å². The third kappa shape index (κ3) is 8.59. The molecule has 214 valence electrons. The van der Waals surface area contributed by atoms with E-state index >= 15 is 0 Å². The van der Waals surface area contributed by atoms with E-state index in [2.05, 4.69) is 19.5 Å². The van der Waals surface area contributed by atoms with E-state index in [1.807, 2.05) is 30.3 Å². The molecular formula is C26H30N4O8S2. The minimum absolute atomic E-state index is 0.0157. The highest BCUT2D eigenvalue weighted by molar-refractivity contribution is 7.89. The molecule has 40 heavy (non-hydrogen) atoms. The number of benzene rings is 3. The largest absolute Gasteiger partial charge is 0.468 e. The molecular weight excluding hydrogens is 560 g/mol. The maximum Gasteiger partial charge on any atom is 0.407 e. The van der Waals surface area contributed by atoms with Crippen molar-refractivity contribution in [3.05, 3.63) is 84.4 Å². The van der Waals surface area contributed by atoms with Gasteiger partial charge in [-0.1, -0.05) is 54.6 Å². The van der Waals surface area contributed by atoms with Gasteiger partial charge in [0.05, 0.1) is 16.9 Å². The Labute approximate surface area is 233 Å². The first-order valence-electron chi connectivity index (χ1n) is 12.0. The highest BCUT2D eigenvalue weighted by Gasteiger charge is 2.25. The minimum atomic E-state index is -4.04. The van der Waals surface area contributed by atoms with E-state index in [-0.39, 0.29) is 36.0 Å². The van der Waals surface area contributed by atoms with E-state index in [4.69, 9.17) is 10.5 Å². The average Bonchev–Trinajstić information content (AvgIpc) is 2.97. The van der Waals surface area contributed by atoms with E-state index in [0.29, 0.717) is 11.1 Å². The first kappa shape index (κ1) is 30.7. The van der Waals surface area contributed by atoms with Crippen molar-refractivity contribution < 1.29 is 35.9 Å². The molecule has 3 aromatic rings. The first-order chi connectivity index (χ1) is 19.1. The molecule has 1 atom stereocenters. The van der Waals surface area contributed by atoms with Crippen LogP contribution in [0.2, 0.25) is 0 Å². The van der Waals surface area contributed by atoms with Gasteiger partial charge in [0.15, 0.2) is 0 Å². The second kappa shape index (κ2) is 14.0. The minimum Gasteiger partial charge on any atom is -0.468 e. The summed E-state index contributed by atoms with van der Waals surface area (Å²) in [4.78, 5) is 23.4. The number of rotatable bonds is 13. The van der Waals surface area contributed by atoms with Crippen molar-refractivity contribution in [2.45, 2.75) is 22.4 Å². The van der Waals surface area contributed by atoms with Crippen molar-refractivity contribution in [1.82, 2.24) is 14.8 Å². The van der Waals surface area contributed by atoms with Gasteiger partial charge in [-0.05, 0) is 41.0 Å².